The standard InChI is InChI=1S/C18H30N4O2/c1-13-8-7-9-15(10-13)24-14(2)11-21-17(20-6)22-12-18(3,4)16(23)19-5/h7-10,14H,11-12H2,1-6H3,(H,19,23)(H2,20,21,22). The van der Waals surface area contributed by atoms with Crippen LogP contribution in [0.2, 0.25) is 0 Å². The predicted molar refractivity (Wildman–Crippen MR) is 98.5 cm³/mol. The number of aliphatic imine (C=N–C) groups is 1. The van der Waals surface area contributed by atoms with Crippen molar-refractivity contribution in [3.8, 4) is 5.75 Å². The first-order chi connectivity index (χ1) is 11.3. The van der Waals surface area contributed by atoms with E-state index in [1.807, 2.05) is 52.0 Å². The second-order valence-electron chi connectivity index (χ2n) is 6.51. The zero-order chi connectivity index (χ0) is 18.2. The fourth-order valence-electron chi connectivity index (χ4n) is 2.15. The van der Waals surface area contributed by atoms with Crippen molar-refractivity contribution >= 4 is 11.9 Å². The van der Waals surface area contributed by atoms with E-state index in [1.165, 1.54) is 5.56 Å². The minimum atomic E-state index is -0.518. The van der Waals surface area contributed by atoms with Crippen LogP contribution in [0.4, 0.5) is 0 Å². The van der Waals surface area contributed by atoms with Gasteiger partial charge in [0.1, 0.15) is 11.9 Å². The summed E-state index contributed by atoms with van der Waals surface area (Å²) < 4.78 is 5.88. The summed E-state index contributed by atoms with van der Waals surface area (Å²) in [6.07, 6.45) is -0.0164. The van der Waals surface area contributed by atoms with Crippen LogP contribution in [0.25, 0.3) is 0 Å². The molecule has 1 atom stereocenters. The van der Waals surface area contributed by atoms with Crippen molar-refractivity contribution in [3.63, 3.8) is 0 Å². The molecular formula is C18H30N4O2. The van der Waals surface area contributed by atoms with E-state index in [0.717, 1.165) is 5.75 Å². The Labute approximate surface area is 145 Å². The Kier molecular flexibility index (Phi) is 7.55. The topological polar surface area (TPSA) is 74.8 Å². The number of hydrogen-bond donors (Lipinski definition) is 3. The zero-order valence-electron chi connectivity index (χ0n) is 15.6. The Bertz CT molecular complexity index is 570. The van der Waals surface area contributed by atoms with Gasteiger partial charge in [0, 0.05) is 20.6 Å². The van der Waals surface area contributed by atoms with Gasteiger partial charge in [-0.1, -0.05) is 12.1 Å². The molecule has 0 spiro atoms. The number of carbonyl (C=O) groups is 1. The fraction of sp³-hybridized carbons (Fsp3) is 0.556. The Morgan fingerprint density at radius 3 is 2.62 bits per heavy atom. The highest BCUT2D eigenvalue weighted by Crippen LogP contribution is 2.14. The number of benzene rings is 1. The Morgan fingerprint density at radius 1 is 1.33 bits per heavy atom. The highest BCUT2D eigenvalue weighted by atomic mass is 16.5. The molecule has 0 radical (unpaired) electrons. The highest BCUT2D eigenvalue weighted by Gasteiger charge is 2.26. The van der Waals surface area contributed by atoms with Gasteiger partial charge in [-0.05, 0) is 45.4 Å². The summed E-state index contributed by atoms with van der Waals surface area (Å²) in [7, 11) is 3.34. The van der Waals surface area contributed by atoms with E-state index in [9.17, 15) is 4.79 Å². The second kappa shape index (κ2) is 9.15. The number of guanidine groups is 1. The SMILES string of the molecule is CN=C(NCC(C)Oc1cccc(C)c1)NCC(C)(C)C(=O)NC. The monoisotopic (exact) mass is 334 g/mol. The molecule has 134 valence electrons. The lowest BCUT2D eigenvalue weighted by Crippen LogP contribution is -2.48. The van der Waals surface area contributed by atoms with Gasteiger partial charge in [-0.15, -0.1) is 0 Å². The maximum absolute atomic E-state index is 11.8. The van der Waals surface area contributed by atoms with Gasteiger partial charge >= 0.3 is 0 Å². The summed E-state index contributed by atoms with van der Waals surface area (Å²) >= 11 is 0. The van der Waals surface area contributed by atoms with Crippen molar-refractivity contribution in [1.29, 1.82) is 0 Å². The van der Waals surface area contributed by atoms with Gasteiger partial charge in [0.2, 0.25) is 5.91 Å². The van der Waals surface area contributed by atoms with E-state index >= 15 is 0 Å². The van der Waals surface area contributed by atoms with Gasteiger partial charge in [0.05, 0.1) is 12.0 Å². The first-order valence-electron chi connectivity index (χ1n) is 8.18. The summed E-state index contributed by atoms with van der Waals surface area (Å²) in [6, 6.07) is 7.97. The average molecular weight is 334 g/mol. The summed E-state index contributed by atoms with van der Waals surface area (Å²) in [6.45, 7) is 8.89. The molecule has 0 bridgehead atoms. The maximum Gasteiger partial charge on any atom is 0.227 e. The van der Waals surface area contributed by atoms with Crippen molar-refractivity contribution in [2.75, 3.05) is 27.2 Å². The molecule has 6 heteroatoms. The molecule has 1 aromatic carbocycles. The molecule has 0 heterocycles. The molecule has 1 aromatic rings. The Morgan fingerprint density at radius 2 is 2.04 bits per heavy atom. The van der Waals surface area contributed by atoms with E-state index in [0.29, 0.717) is 19.0 Å². The zero-order valence-corrected chi connectivity index (χ0v) is 15.6. The Balaban J connectivity index is 2.45. The smallest absolute Gasteiger partial charge is 0.227 e. The first kappa shape index (κ1) is 19.8. The minimum absolute atomic E-state index is 0.0124. The van der Waals surface area contributed by atoms with Crippen LogP contribution in [0.5, 0.6) is 5.75 Å². The molecule has 24 heavy (non-hydrogen) atoms. The van der Waals surface area contributed by atoms with Gasteiger partial charge in [0.15, 0.2) is 5.96 Å². The van der Waals surface area contributed by atoms with Crippen LogP contribution in [0.15, 0.2) is 29.3 Å². The van der Waals surface area contributed by atoms with Gasteiger partial charge in [-0.25, -0.2) is 0 Å². The summed E-state index contributed by atoms with van der Waals surface area (Å²) in [5.41, 5.74) is 0.650. The molecule has 0 fully saturated rings. The number of aryl methyl sites for hydroxylation is 1. The van der Waals surface area contributed by atoms with Crippen LogP contribution in [0, 0.1) is 12.3 Å². The molecule has 3 N–H and O–H groups in total. The van der Waals surface area contributed by atoms with Crippen LogP contribution < -0.4 is 20.7 Å². The Hall–Kier alpha value is -2.24. The molecule has 0 aliphatic carbocycles. The summed E-state index contributed by atoms with van der Waals surface area (Å²) in [5, 5.41) is 9.06. The van der Waals surface area contributed by atoms with Crippen molar-refractivity contribution in [3.05, 3.63) is 29.8 Å². The lowest BCUT2D eigenvalue weighted by Gasteiger charge is -2.24. The highest BCUT2D eigenvalue weighted by molar-refractivity contribution is 5.84. The van der Waals surface area contributed by atoms with Crippen molar-refractivity contribution in [1.82, 2.24) is 16.0 Å². The largest absolute Gasteiger partial charge is 0.489 e. The number of hydrogen-bond acceptors (Lipinski definition) is 3. The normalized spacial score (nSPS) is 13.2. The van der Waals surface area contributed by atoms with Gasteiger partial charge in [-0.3, -0.25) is 9.79 Å². The van der Waals surface area contributed by atoms with E-state index < -0.39 is 5.41 Å². The molecule has 0 saturated carbocycles. The summed E-state index contributed by atoms with van der Waals surface area (Å²) in [4.78, 5) is 16.0. The average Bonchev–Trinajstić information content (AvgIpc) is 2.54. The molecule has 1 rings (SSSR count). The van der Waals surface area contributed by atoms with Crippen molar-refractivity contribution in [2.45, 2.75) is 33.8 Å². The van der Waals surface area contributed by atoms with Gasteiger partial charge in [0.25, 0.3) is 0 Å². The van der Waals surface area contributed by atoms with Crippen molar-refractivity contribution in [2.24, 2.45) is 10.4 Å². The van der Waals surface area contributed by atoms with Gasteiger partial charge in [-0.2, -0.15) is 0 Å². The van der Waals surface area contributed by atoms with Crippen LogP contribution >= 0.6 is 0 Å². The third-order valence-electron chi connectivity index (χ3n) is 3.65. The van der Waals surface area contributed by atoms with E-state index in [1.54, 1.807) is 14.1 Å². The second-order valence-corrected chi connectivity index (χ2v) is 6.51. The van der Waals surface area contributed by atoms with Gasteiger partial charge < -0.3 is 20.7 Å². The molecule has 0 saturated heterocycles. The number of ether oxygens (including phenoxy) is 1. The molecule has 0 aromatic heterocycles. The van der Waals surface area contributed by atoms with Crippen LogP contribution in [-0.2, 0) is 4.79 Å². The molecule has 0 aliphatic heterocycles. The molecule has 1 unspecified atom stereocenters. The molecule has 0 aliphatic rings. The van der Waals surface area contributed by atoms with Crippen LogP contribution in [0.3, 0.4) is 0 Å². The number of carbonyl (C=O) groups excluding carboxylic acids is 1. The lowest BCUT2D eigenvalue weighted by atomic mass is 9.92. The van der Waals surface area contributed by atoms with Crippen LogP contribution in [0.1, 0.15) is 26.3 Å². The molecular weight excluding hydrogens is 304 g/mol. The summed E-state index contributed by atoms with van der Waals surface area (Å²) in [5.74, 6) is 1.49. The quantitative estimate of drug-likeness (QED) is 0.524. The lowest BCUT2D eigenvalue weighted by molar-refractivity contribution is -0.128. The molecule has 1 amide bonds. The number of nitrogens with zero attached hydrogens (tertiary/aromatic N) is 1. The number of amides is 1. The molecule has 6 nitrogen and oxygen atoms in total. The number of rotatable bonds is 7. The van der Waals surface area contributed by atoms with E-state index in [-0.39, 0.29) is 12.0 Å². The predicted octanol–water partition coefficient (Wildman–Crippen LogP) is 1.70. The van der Waals surface area contributed by atoms with Crippen molar-refractivity contribution < 1.29 is 9.53 Å². The van der Waals surface area contributed by atoms with E-state index in [4.69, 9.17) is 4.74 Å². The third kappa shape index (κ3) is 6.48. The fourth-order valence-corrected chi connectivity index (χ4v) is 2.15. The first-order valence-corrected chi connectivity index (χ1v) is 8.18. The van der Waals surface area contributed by atoms with E-state index in [2.05, 4.69) is 20.9 Å². The maximum atomic E-state index is 11.8. The number of nitrogens with one attached hydrogen (secondary N) is 3. The third-order valence-corrected chi connectivity index (χ3v) is 3.65. The van der Waals surface area contributed by atoms with Crippen LogP contribution in [-0.4, -0.2) is 45.2 Å². The minimum Gasteiger partial charge on any atom is -0.489 e.